The molecule has 0 unspecified atom stereocenters. The molecule has 4 nitrogen and oxygen atoms in total. The van der Waals surface area contributed by atoms with Gasteiger partial charge >= 0.3 is 0 Å². The number of rotatable bonds is 6. The minimum Gasteiger partial charge on any atom is -0.425 e. The highest BCUT2D eigenvalue weighted by Gasteiger charge is 2.24. The summed E-state index contributed by atoms with van der Waals surface area (Å²) in [6.45, 7) is 11.5. The van der Waals surface area contributed by atoms with Crippen LogP contribution in [0.5, 0.6) is 0 Å². The Morgan fingerprint density at radius 1 is 1.31 bits per heavy atom. The Labute approximate surface area is 97.8 Å². The zero-order chi connectivity index (χ0) is 12.2. The molecule has 92 valence electrons. The highest BCUT2D eigenvalue weighted by molar-refractivity contribution is 4.98. The second kappa shape index (κ2) is 5.43. The quantitative estimate of drug-likeness (QED) is 0.807. The minimum atomic E-state index is -0.0171. The van der Waals surface area contributed by atoms with Crippen LogP contribution in [0.2, 0.25) is 0 Å². The molecule has 0 aliphatic heterocycles. The number of aromatic nitrogens is 2. The van der Waals surface area contributed by atoms with Gasteiger partial charge in [0, 0.05) is 24.4 Å². The Balaban J connectivity index is 2.52. The van der Waals surface area contributed by atoms with Crippen molar-refractivity contribution in [1.82, 2.24) is 15.5 Å². The number of hydrogen-bond donors (Lipinski definition) is 1. The molecule has 1 aromatic heterocycles. The first-order valence-electron chi connectivity index (χ1n) is 6.02. The topological polar surface area (TPSA) is 51.0 Å². The molecule has 1 aromatic rings. The molecule has 1 heterocycles. The van der Waals surface area contributed by atoms with Crippen molar-refractivity contribution >= 4 is 0 Å². The summed E-state index contributed by atoms with van der Waals surface area (Å²) in [6, 6.07) is 0.495. The van der Waals surface area contributed by atoms with E-state index in [4.69, 9.17) is 4.42 Å². The van der Waals surface area contributed by atoms with Crippen LogP contribution < -0.4 is 5.32 Å². The highest BCUT2D eigenvalue weighted by Crippen LogP contribution is 2.24. The molecule has 0 aromatic carbocycles. The van der Waals surface area contributed by atoms with E-state index in [1.807, 2.05) is 0 Å². The molecule has 0 saturated heterocycles. The maximum atomic E-state index is 5.66. The normalized spacial score (nSPS) is 12.4. The molecule has 0 atom stereocenters. The summed E-state index contributed by atoms with van der Waals surface area (Å²) in [5, 5.41) is 11.5. The summed E-state index contributed by atoms with van der Waals surface area (Å²) in [4.78, 5) is 0. The zero-order valence-electron chi connectivity index (χ0n) is 11.0. The standard InChI is InChI=1S/C12H23N3O/c1-6-12(4,5)11-15-14-10(16-11)7-8-13-9(2)3/h9,13H,6-8H2,1-5H3. The fourth-order valence-electron chi connectivity index (χ4n) is 1.25. The second-order valence-corrected chi connectivity index (χ2v) is 5.10. The molecule has 0 saturated carbocycles. The van der Waals surface area contributed by atoms with Gasteiger partial charge in [-0.1, -0.05) is 34.6 Å². The van der Waals surface area contributed by atoms with Gasteiger partial charge in [-0.15, -0.1) is 10.2 Å². The van der Waals surface area contributed by atoms with E-state index in [0.29, 0.717) is 6.04 Å². The van der Waals surface area contributed by atoms with Gasteiger partial charge in [-0.2, -0.15) is 0 Å². The maximum Gasteiger partial charge on any atom is 0.222 e. The Morgan fingerprint density at radius 3 is 2.56 bits per heavy atom. The molecule has 0 aliphatic rings. The lowest BCUT2D eigenvalue weighted by Gasteiger charge is -2.16. The molecular weight excluding hydrogens is 202 g/mol. The van der Waals surface area contributed by atoms with Gasteiger partial charge in [-0.3, -0.25) is 0 Å². The van der Waals surface area contributed by atoms with E-state index in [0.717, 1.165) is 31.2 Å². The van der Waals surface area contributed by atoms with Gasteiger partial charge in [0.2, 0.25) is 11.8 Å². The van der Waals surface area contributed by atoms with Crippen LogP contribution >= 0.6 is 0 Å². The van der Waals surface area contributed by atoms with Gasteiger partial charge in [0.05, 0.1) is 0 Å². The van der Waals surface area contributed by atoms with Crippen molar-refractivity contribution in [2.45, 2.75) is 58.9 Å². The minimum absolute atomic E-state index is 0.0171. The fraction of sp³-hybridized carbons (Fsp3) is 0.833. The molecule has 0 spiro atoms. The van der Waals surface area contributed by atoms with Crippen LogP contribution in [0.3, 0.4) is 0 Å². The molecule has 4 heteroatoms. The summed E-state index contributed by atoms with van der Waals surface area (Å²) in [7, 11) is 0. The first-order valence-corrected chi connectivity index (χ1v) is 6.02. The lowest BCUT2D eigenvalue weighted by molar-refractivity contribution is 0.342. The lowest BCUT2D eigenvalue weighted by Crippen LogP contribution is -2.25. The average Bonchev–Trinajstić information content (AvgIpc) is 2.66. The monoisotopic (exact) mass is 225 g/mol. The predicted molar refractivity (Wildman–Crippen MR) is 64.5 cm³/mol. The van der Waals surface area contributed by atoms with Crippen molar-refractivity contribution in [2.75, 3.05) is 6.54 Å². The van der Waals surface area contributed by atoms with E-state index in [1.165, 1.54) is 0 Å². The second-order valence-electron chi connectivity index (χ2n) is 5.10. The van der Waals surface area contributed by atoms with Gasteiger partial charge in [-0.25, -0.2) is 0 Å². The lowest BCUT2D eigenvalue weighted by atomic mass is 9.90. The van der Waals surface area contributed by atoms with Crippen molar-refractivity contribution in [2.24, 2.45) is 0 Å². The van der Waals surface area contributed by atoms with Gasteiger partial charge in [0.25, 0.3) is 0 Å². The SMILES string of the molecule is CCC(C)(C)c1nnc(CCNC(C)C)o1. The highest BCUT2D eigenvalue weighted by atomic mass is 16.4. The largest absolute Gasteiger partial charge is 0.425 e. The molecule has 0 amide bonds. The van der Waals surface area contributed by atoms with Gasteiger partial charge < -0.3 is 9.73 Å². The molecule has 16 heavy (non-hydrogen) atoms. The predicted octanol–water partition coefficient (Wildman–Crippen LogP) is 2.30. The van der Waals surface area contributed by atoms with Crippen molar-refractivity contribution < 1.29 is 4.42 Å². The zero-order valence-corrected chi connectivity index (χ0v) is 11.0. The van der Waals surface area contributed by atoms with Gasteiger partial charge in [-0.05, 0) is 6.42 Å². The third-order valence-corrected chi connectivity index (χ3v) is 2.82. The van der Waals surface area contributed by atoms with Crippen LogP contribution in [-0.4, -0.2) is 22.8 Å². The van der Waals surface area contributed by atoms with E-state index in [1.54, 1.807) is 0 Å². The van der Waals surface area contributed by atoms with E-state index in [2.05, 4.69) is 50.1 Å². The van der Waals surface area contributed by atoms with Crippen molar-refractivity contribution in [3.63, 3.8) is 0 Å². The number of nitrogens with zero attached hydrogens (tertiary/aromatic N) is 2. The third-order valence-electron chi connectivity index (χ3n) is 2.82. The van der Waals surface area contributed by atoms with Crippen LogP contribution in [0.25, 0.3) is 0 Å². The number of nitrogens with one attached hydrogen (secondary N) is 1. The Morgan fingerprint density at radius 2 is 2.00 bits per heavy atom. The van der Waals surface area contributed by atoms with Crippen LogP contribution in [0, 0.1) is 0 Å². The molecular formula is C12H23N3O. The number of hydrogen-bond acceptors (Lipinski definition) is 4. The first kappa shape index (κ1) is 13.2. The van der Waals surface area contributed by atoms with E-state index < -0.39 is 0 Å². The fourth-order valence-corrected chi connectivity index (χ4v) is 1.25. The molecule has 1 rings (SSSR count). The van der Waals surface area contributed by atoms with Gasteiger partial charge in [0.15, 0.2) is 0 Å². The van der Waals surface area contributed by atoms with E-state index >= 15 is 0 Å². The van der Waals surface area contributed by atoms with Gasteiger partial charge in [0.1, 0.15) is 0 Å². The maximum absolute atomic E-state index is 5.66. The van der Waals surface area contributed by atoms with Crippen LogP contribution in [0.15, 0.2) is 4.42 Å². The van der Waals surface area contributed by atoms with Crippen molar-refractivity contribution in [3.8, 4) is 0 Å². The van der Waals surface area contributed by atoms with Crippen LogP contribution in [0.4, 0.5) is 0 Å². The first-order chi connectivity index (χ1) is 7.45. The smallest absolute Gasteiger partial charge is 0.222 e. The Kier molecular flexibility index (Phi) is 4.47. The summed E-state index contributed by atoms with van der Waals surface area (Å²) in [5.74, 6) is 1.47. The molecule has 0 radical (unpaired) electrons. The summed E-state index contributed by atoms with van der Waals surface area (Å²) in [5.41, 5.74) is -0.0171. The van der Waals surface area contributed by atoms with Crippen LogP contribution in [-0.2, 0) is 11.8 Å². The van der Waals surface area contributed by atoms with Crippen molar-refractivity contribution in [1.29, 1.82) is 0 Å². The van der Waals surface area contributed by atoms with E-state index in [-0.39, 0.29) is 5.41 Å². The van der Waals surface area contributed by atoms with Crippen molar-refractivity contribution in [3.05, 3.63) is 11.8 Å². The summed E-state index contributed by atoms with van der Waals surface area (Å²) < 4.78 is 5.66. The molecule has 0 bridgehead atoms. The Bertz CT molecular complexity index is 318. The Hall–Kier alpha value is -0.900. The van der Waals surface area contributed by atoms with E-state index in [9.17, 15) is 0 Å². The molecule has 0 fully saturated rings. The molecule has 1 N–H and O–H groups in total. The average molecular weight is 225 g/mol. The van der Waals surface area contributed by atoms with Crippen LogP contribution in [0.1, 0.15) is 52.8 Å². The third kappa shape index (κ3) is 3.59. The summed E-state index contributed by atoms with van der Waals surface area (Å²) in [6.07, 6.45) is 1.80. The molecule has 0 aliphatic carbocycles. The summed E-state index contributed by atoms with van der Waals surface area (Å²) >= 11 is 0.